The summed E-state index contributed by atoms with van der Waals surface area (Å²) in [6.45, 7) is 1.90. The maximum absolute atomic E-state index is 14.8. The van der Waals surface area contributed by atoms with Gasteiger partial charge in [-0.05, 0) is 78.5 Å². The highest BCUT2D eigenvalue weighted by atomic mass is 19.2. The van der Waals surface area contributed by atoms with Crippen LogP contribution in [0.3, 0.4) is 0 Å². The van der Waals surface area contributed by atoms with Crippen LogP contribution in [0.4, 0.5) is 26.3 Å². The zero-order valence-electron chi connectivity index (χ0n) is 19.3. The lowest BCUT2D eigenvalue weighted by Crippen LogP contribution is -2.15. The lowest BCUT2D eigenvalue weighted by atomic mass is 9.77. The topological polar surface area (TPSA) is 9.23 Å². The van der Waals surface area contributed by atoms with Crippen molar-refractivity contribution in [1.29, 1.82) is 0 Å². The van der Waals surface area contributed by atoms with E-state index >= 15 is 0 Å². The van der Waals surface area contributed by atoms with Gasteiger partial charge in [-0.2, -0.15) is 4.39 Å². The Morgan fingerprint density at radius 3 is 2.06 bits per heavy atom. The van der Waals surface area contributed by atoms with E-state index in [1.165, 1.54) is 18.2 Å². The Hall–Kier alpha value is -2.96. The number of benzene rings is 3. The van der Waals surface area contributed by atoms with Crippen LogP contribution in [-0.2, 0) is 6.61 Å². The molecule has 4 rings (SSSR count). The number of halogens is 6. The predicted octanol–water partition coefficient (Wildman–Crippen LogP) is 8.84. The van der Waals surface area contributed by atoms with E-state index in [2.05, 4.69) is 6.92 Å². The largest absolute Gasteiger partial charge is 0.486 e. The van der Waals surface area contributed by atoms with Gasteiger partial charge in [-0.15, -0.1) is 0 Å². The third-order valence-corrected chi connectivity index (χ3v) is 6.78. The van der Waals surface area contributed by atoms with Crippen LogP contribution in [0.25, 0.3) is 11.1 Å². The second-order valence-electron chi connectivity index (χ2n) is 9.14. The molecule has 0 heterocycles. The fraction of sp³-hybridized carbons (Fsp3) is 0.357. The van der Waals surface area contributed by atoms with E-state index in [1.807, 2.05) is 0 Å². The Bertz CT molecular complexity index is 1180. The Morgan fingerprint density at radius 1 is 0.743 bits per heavy atom. The van der Waals surface area contributed by atoms with Crippen molar-refractivity contribution in [2.45, 2.75) is 58.0 Å². The minimum atomic E-state index is -1.64. The van der Waals surface area contributed by atoms with Gasteiger partial charge in [0, 0.05) is 5.56 Å². The summed E-state index contributed by atoms with van der Waals surface area (Å²) in [6.07, 6.45) is 5.96. The first-order chi connectivity index (χ1) is 16.8. The number of hydrogen-bond donors (Lipinski definition) is 0. The molecule has 0 aromatic heterocycles. The molecule has 0 bridgehead atoms. The van der Waals surface area contributed by atoms with Crippen molar-refractivity contribution in [2.24, 2.45) is 5.92 Å². The summed E-state index contributed by atoms with van der Waals surface area (Å²) in [5, 5.41) is 0. The predicted molar refractivity (Wildman–Crippen MR) is 122 cm³/mol. The molecule has 0 radical (unpaired) electrons. The third kappa shape index (κ3) is 5.49. The molecule has 7 heteroatoms. The van der Waals surface area contributed by atoms with Crippen molar-refractivity contribution in [3.8, 4) is 16.9 Å². The maximum Gasteiger partial charge on any atom is 0.200 e. The quantitative estimate of drug-likeness (QED) is 0.236. The highest BCUT2D eigenvalue weighted by molar-refractivity contribution is 5.64. The Balaban J connectivity index is 1.44. The fourth-order valence-electron chi connectivity index (χ4n) is 4.90. The normalized spacial score (nSPS) is 18.0. The van der Waals surface area contributed by atoms with Crippen LogP contribution < -0.4 is 4.74 Å². The first-order valence-corrected chi connectivity index (χ1v) is 11.8. The van der Waals surface area contributed by atoms with Crippen LogP contribution in [0, 0.1) is 40.8 Å². The van der Waals surface area contributed by atoms with Gasteiger partial charge in [0.15, 0.2) is 29.0 Å². The summed E-state index contributed by atoms with van der Waals surface area (Å²) in [7, 11) is 0. The third-order valence-electron chi connectivity index (χ3n) is 6.78. The van der Waals surface area contributed by atoms with E-state index in [0.29, 0.717) is 29.2 Å². The second-order valence-corrected chi connectivity index (χ2v) is 9.14. The molecule has 1 aliphatic rings. The molecule has 0 unspecified atom stereocenters. The molecule has 0 aliphatic heterocycles. The van der Waals surface area contributed by atoms with Crippen LogP contribution in [0.2, 0.25) is 0 Å². The average Bonchev–Trinajstić information content (AvgIpc) is 2.84. The summed E-state index contributed by atoms with van der Waals surface area (Å²) in [5.74, 6) is -6.95. The molecular weight excluding hydrogens is 466 g/mol. The van der Waals surface area contributed by atoms with Gasteiger partial charge in [0.25, 0.3) is 0 Å². The monoisotopic (exact) mass is 492 g/mol. The highest BCUT2D eigenvalue weighted by Gasteiger charge is 2.26. The zero-order chi connectivity index (χ0) is 25.1. The van der Waals surface area contributed by atoms with Crippen molar-refractivity contribution in [3.05, 3.63) is 88.5 Å². The molecule has 1 nitrogen and oxygen atoms in total. The minimum absolute atomic E-state index is 0.0190. The van der Waals surface area contributed by atoms with Crippen LogP contribution in [0.15, 0.2) is 42.5 Å². The first kappa shape index (κ1) is 25.1. The standard InChI is InChI=1S/C28H26F6O/c1-2-3-16-4-7-18(8-5-16)21-10-11-25(28(34)26(21)32)35-15-17-6-9-20(22(29)12-17)19-13-23(30)27(33)24(31)14-19/h6,9-14,16,18H,2-5,7-8,15H2,1H3. The highest BCUT2D eigenvalue weighted by Crippen LogP contribution is 2.40. The van der Waals surface area contributed by atoms with Crippen molar-refractivity contribution in [1.82, 2.24) is 0 Å². The Labute approximate surface area is 200 Å². The van der Waals surface area contributed by atoms with Crippen molar-refractivity contribution >= 4 is 0 Å². The van der Waals surface area contributed by atoms with Gasteiger partial charge in [0.1, 0.15) is 12.4 Å². The fourth-order valence-corrected chi connectivity index (χ4v) is 4.90. The average molecular weight is 493 g/mol. The first-order valence-electron chi connectivity index (χ1n) is 11.8. The molecule has 1 saturated carbocycles. The molecule has 0 spiro atoms. The van der Waals surface area contributed by atoms with Gasteiger partial charge in [-0.3, -0.25) is 0 Å². The van der Waals surface area contributed by atoms with Gasteiger partial charge in [-0.25, -0.2) is 22.0 Å². The molecule has 0 atom stereocenters. The smallest absolute Gasteiger partial charge is 0.200 e. The summed E-state index contributed by atoms with van der Waals surface area (Å²) in [5.41, 5.74) is 0.354. The minimum Gasteiger partial charge on any atom is -0.486 e. The lowest BCUT2D eigenvalue weighted by Gasteiger charge is -2.29. The Kier molecular flexibility index (Phi) is 7.72. The number of rotatable bonds is 7. The zero-order valence-corrected chi connectivity index (χ0v) is 19.3. The van der Waals surface area contributed by atoms with Crippen molar-refractivity contribution in [2.75, 3.05) is 0 Å². The molecule has 186 valence electrons. The molecule has 1 fully saturated rings. The summed E-state index contributed by atoms with van der Waals surface area (Å²) >= 11 is 0. The van der Waals surface area contributed by atoms with E-state index in [4.69, 9.17) is 4.74 Å². The molecule has 0 amide bonds. The maximum atomic E-state index is 14.8. The van der Waals surface area contributed by atoms with Gasteiger partial charge >= 0.3 is 0 Å². The van der Waals surface area contributed by atoms with Crippen LogP contribution in [0.5, 0.6) is 5.75 Å². The van der Waals surface area contributed by atoms with Crippen LogP contribution in [0.1, 0.15) is 62.5 Å². The van der Waals surface area contributed by atoms with Gasteiger partial charge in [-0.1, -0.05) is 38.0 Å². The second kappa shape index (κ2) is 10.8. The van der Waals surface area contributed by atoms with Gasteiger partial charge in [0.2, 0.25) is 5.82 Å². The van der Waals surface area contributed by atoms with E-state index in [0.717, 1.165) is 44.6 Å². The van der Waals surface area contributed by atoms with E-state index in [-0.39, 0.29) is 29.4 Å². The molecule has 3 aromatic rings. The van der Waals surface area contributed by atoms with Gasteiger partial charge in [0.05, 0.1) is 0 Å². The molecule has 1 aliphatic carbocycles. The van der Waals surface area contributed by atoms with Crippen LogP contribution in [-0.4, -0.2) is 0 Å². The number of ether oxygens (including phenoxy) is 1. The van der Waals surface area contributed by atoms with E-state index in [9.17, 15) is 26.3 Å². The van der Waals surface area contributed by atoms with E-state index < -0.39 is 34.9 Å². The molecule has 35 heavy (non-hydrogen) atoms. The van der Waals surface area contributed by atoms with Crippen molar-refractivity contribution in [3.63, 3.8) is 0 Å². The summed E-state index contributed by atoms with van der Waals surface area (Å²) in [4.78, 5) is 0. The summed E-state index contributed by atoms with van der Waals surface area (Å²) < 4.78 is 89.6. The lowest BCUT2D eigenvalue weighted by molar-refractivity contribution is 0.279. The molecule has 0 saturated heterocycles. The molecule has 3 aromatic carbocycles. The van der Waals surface area contributed by atoms with Crippen molar-refractivity contribution < 1.29 is 31.1 Å². The molecular formula is C28H26F6O. The SMILES string of the molecule is CCCC1CCC(c2ccc(OCc3ccc(-c4cc(F)c(F)c(F)c4)c(F)c3)c(F)c2F)CC1. The van der Waals surface area contributed by atoms with E-state index in [1.54, 1.807) is 6.07 Å². The van der Waals surface area contributed by atoms with Gasteiger partial charge < -0.3 is 4.74 Å². The molecule has 0 N–H and O–H groups in total. The summed E-state index contributed by atoms with van der Waals surface area (Å²) in [6, 6.07) is 8.09. The van der Waals surface area contributed by atoms with Crippen LogP contribution >= 0.6 is 0 Å². The number of hydrogen-bond acceptors (Lipinski definition) is 1. The Morgan fingerprint density at radius 2 is 1.43 bits per heavy atom.